The maximum Gasteiger partial charge on any atom is 0.338 e. The van der Waals surface area contributed by atoms with Crippen LogP contribution >= 0.6 is 11.3 Å². The SMILES string of the molecule is CC1=NN(c2ccc(C(=O)OCc3cc(-c4cccs4)on3)cc2)CC1. The van der Waals surface area contributed by atoms with Crippen molar-refractivity contribution in [2.45, 2.75) is 20.0 Å². The molecule has 0 aliphatic carbocycles. The van der Waals surface area contributed by atoms with Gasteiger partial charge in [-0.15, -0.1) is 11.3 Å². The molecule has 132 valence electrons. The molecule has 26 heavy (non-hydrogen) atoms. The second-order valence-corrected chi connectivity index (χ2v) is 6.94. The average Bonchev–Trinajstić information content (AvgIpc) is 3.41. The van der Waals surface area contributed by atoms with Crippen molar-refractivity contribution < 1.29 is 14.1 Å². The third kappa shape index (κ3) is 3.52. The van der Waals surface area contributed by atoms with Crippen molar-refractivity contribution in [2.75, 3.05) is 11.6 Å². The van der Waals surface area contributed by atoms with Gasteiger partial charge in [0.05, 0.1) is 16.1 Å². The lowest BCUT2D eigenvalue weighted by molar-refractivity contribution is 0.0464. The number of esters is 1. The fraction of sp³-hybridized carbons (Fsp3) is 0.211. The van der Waals surface area contributed by atoms with E-state index in [2.05, 4.69) is 10.3 Å². The fourth-order valence-corrected chi connectivity index (χ4v) is 3.34. The summed E-state index contributed by atoms with van der Waals surface area (Å²) in [7, 11) is 0. The molecule has 7 heteroatoms. The van der Waals surface area contributed by atoms with Crippen LogP contribution in [0.1, 0.15) is 29.4 Å². The van der Waals surface area contributed by atoms with E-state index in [1.54, 1.807) is 29.5 Å². The molecule has 0 atom stereocenters. The molecule has 6 nitrogen and oxygen atoms in total. The van der Waals surface area contributed by atoms with Gasteiger partial charge in [-0.3, -0.25) is 5.01 Å². The minimum absolute atomic E-state index is 0.0745. The van der Waals surface area contributed by atoms with Gasteiger partial charge < -0.3 is 9.26 Å². The van der Waals surface area contributed by atoms with Crippen molar-refractivity contribution in [3.63, 3.8) is 0 Å². The summed E-state index contributed by atoms with van der Waals surface area (Å²) in [6.45, 7) is 2.96. The van der Waals surface area contributed by atoms with E-state index < -0.39 is 5.97 Å². The number of thiophene rings is 1. The summed E-state index contributed by atoms with van der Waals surface area (Å²) < 4.78 is 10.6. The summed E-state index contributed by atoms with van der Waals surface area (Å²) in [5.41, 5.74) is 3.16. The van der Waals surface area contributed by atoms with E-state index in [0.717, 1.165) is 29.2 Å². The van der Waals surface area contributed by atoms with Crippen LogP contribution < -0.4 is 5.01 Å². The van der Waals surface area contributed by atoms with Crippen LogP contribution in [0.3, 0.4) is 0 Å². The number of carbonyl (C=O) groups is 1. The highest BCUT2D eigenvalue weighted by atomic mass is 32.1. The molecular formula is C19H17N3O3S. The fourth-order valence-electron chi connectivity index (χ4n) is 2.67. The first-order chi connectivity index (χ1) is 12.7. The second kappa shape index (κ2) is 7.13. The molecule has 0 spiro atoms. The molecule has 0 saturated heterocycles. The van der Waals surface area contributed by atoms with E-state index in [1.807, 2.05) is 41.6 Å². The van der Waals surface area contributed by atoms with Gasteiger partial charge >= 0.3 is 5.97 Å². The summed E-state index contributed by atoms with van der Waals surface area (Å²) in [4.78, 5) is 13.2. The number of aromatic nitrogens is 1. The molecule has 1 aliphatic heterocycles. The predicted molar refractivity (Wildman–Crippen MR) is 100 cm³/mol. The molecule has 0 unspecified atom stereocenters. The van der Waals surface area contributed by atoms with E-state index in [0.29, 0.717) is 17.0 Å². The van der Waals surface area contributed by atoms with Crippen LogP contribution in [0.25, 0.3) is 10.6 Å². The molecule has 1 aliphatic rings. The van der Waals surface area contributed by atoms with Gasteiger partial charge in [-0.1, -0.05) is 11.2 Å². The summed E-state index contributed by atoms with van der Waals surface area (Å²) >= 11 is 1.57. The van der Waals surface area contributed by atoms with Crippen molar-refractivity contribution in [3.05, 3.63) is 59.1 Å². The zero-order valence-corrected chi connectivity index (χ0v) is 15.0. The number of ether oxygens (including phenoxy) is 1. The van der Waals surface area contributed by atoms with Gasteiger partial charge in [0.25, 0.3) is 0 Å². The molecule has 3 heterocycles. The first-order valence-electron chi connectivity index (χ1n) is 8.27. The normalized spacial score (nSPS) is 13.7. The number of carbonyl (C=O) groups excluding carboxylic acids is 1. The molecule has 3 aromatic rings. The van der Waals surface area contributed by atoms with Crippen LogP contribution in [0.15, 0.2) is 57.5 Å². The number of hydrogen-bond acceptors (Lipinski definition) is 7. The Labute approximate surface area is 154 Å². The Morgan fingerprint density at radius 1 is 1.31 bits per heavy atom. The molecule has 1 aromatic carbocycles. The van der Waals surface area contributed by atoms with Crippen molar-refractivity contribution in [1.29, 1.82) is 0 Å². The van der Waals surface area contributed by atoms with Crippen LogP contribution in [0, 0.1) is 0 Å². The Bertz CT molecular complexity index is 929. The highest BCUT2D eigenvalue weighted by molar-refractivity contribution is 7.13. The van der Waals surface area contributed by atoms with Crippen molar-refractivity contribution in [2.24, 2.45) is 5.10 Å². The van der Waals surface area contributed by atoms with Gasteiger partial charge in [-0.25, -0.2) is 4.79 Å². The zero-order valence-electron chi connectivity index (χ0n) is 14.2. The number of hydrogen-bond donors (Lipinski definition) is 0. The maximum absolute atomic E-state index is 12.2. The second-order valence-electron chi connectivity index (χ2n) is 5.99. The van der Waals surface area contributed by atoms with Crippen LogP contribution in [-0.4, -0.2) is 23.4 Å². The van der Waals surface area contributed by atoms with Crippen LogP contribution in [0.2, 0.25) is 0 Å². The molecule has 0 fully saturated rings. The van der Waals surface area contributed by atoms with E-state index >= 15 is 0 Å². The standard InChI is InChI=1S/C19H17N3O3S/c1-13-8-9-22(20-13)16-6-4-14(5-7-16)19(23)24-12-15-11-17(25-21-15)18-3-2-10-26-18/h2-7,10-11H,8-9,12H2,1H3. The lowest BCUT2D eigenvalue weighted by Gasteiger charge is -2.13. The van der Waals surface area contributed by atoms with Gasteiger partial charge in [0.15, 0.2) is 5.76 Å². The average molecular weight is 367 g/mol. The third-order valence-electron chi connectivity index (χ3n) is 4.05. The molecule has 4 rings (SSSR count). The topological polar surface area (TPSA) is 67.9 Å². The molecule has 0 N–H and O–H groups in total. The largest absolute Gasteiger partial charge is 0.455 e. The van der Waals surface area contributed by atoms with Crippen molar-refractivity contribution in [3.8, 4) is 10.6 Å². The Morgan fingerprint density at radius 3 is 2.85 bits per heavy atom. The Morgan fingerprint density at radius 2 is 2.15 bits per heavy atom. The van der Waals surface area contributed by atoms with Crippen LogP contribution in [-0.2, 0) is 11.3 Å². The number of anilines is 1. The molecular weight excluding hydrogens is 350 g/mol. The number of nitrogens with zero attached hydrogens (tertiary/aromatic N) is 3. The minimum Gasteiger partial charge on any atom is -0.455 e. The Kier molecular flexibility index (Phi) is 4.53. The molecule has 0 amide bonds. The molecule has 0 radical (unpaired) electrons. The van der Waals surface area contributed by atoms with Crippen LogP contribution in [0.5, 0.6) is 0 Å². The van der Waals surface area contributed by atoms with Gasteiger partial charge in [0.1, 0.15) is 12.3 Å². The maximum atomic E-state index is 12.2. The molecule has 2 aromatic heterocycles. The first-order valence-corrected chi connectivity index (χ1v) is 9.15. The lowest BCUT2D eigenvalue weighted by Crippen LogP contribution is -2.12. The van der Waals surface area contributed by atoms with Crippen molar-refractivity contribution >= 4 is 28.7 Å². The van der Waals surface area contributed by atoms with Crippen LogP contribution in [0.4, 0.5) is 5.69 Å². The van der Waals surface area contributed by atoms with Crippen molar-refractivity contribution in [1.82, 2.24) is 5.16 Å². The summed E-state index contributed by atoms with van der Waals surface area (Å²) in [5, 5.41) is 12.3. The predicted octanol–water partition coefficient (Wildman–Crippen LogP) is 4.35. The van der Waals surface area contributed by atoms with E-state index in [4.69, 9.17) is 9.26 Å². The first kappa shape index (κ1) is 16.5. The summed E-state index contributed by atoms with van der Waals surface area (Å²) in [6.07, 6.45) is 0.967. The lowest BCUT2D eigenvalue weighted by atomic mass is 10.2. The van der Waals surface area contributed by atoms with Gasteiger partial charge in [0, 0.05) is 24.7 Å². The Hall–Kier alpha value is -2.93. The minimum atomic E-state index is -0.390. The van der Waals surface area contributed by atoms with E-state index in [9.17, 15) is 4.79 Å². The third-order valence-corrected chi connectivity index (χ3v) is 4.94. The van der Waals surface area contributed by atoms with E-state index in [-0.39, 0.29) is 6.61 Å². The summed E-state index contributed by atoms with van der Waals surface area (Å²) in [6, 6.07) is 12.9. The monoisotopic (exact) mass is 367 g/mol. The number of hydrazone groups is 1. The van der Waals surface area contributed by atoms with E-state index in [1.165, 1.54) is 0 Å². The highest BCUT2D eigenvalue weighted by Crippen LogP contribution is 2.25. The number of rotatable bonds is 5. The summed E-state index contributed by atoms with van der Waals surface area (Å²) in [5.74, 6) is 0.287. The zero-order chi connectivity index (χ0) is 17.9. The number of benzene rings is 1. The van der Waals surface area contributed by atoms with Gasteiger partial charge in [-0.05, 0) is 42.6 Å². The smallest absolute Gasteiger partial charge is 0.338 e. The quantitative estimate of drug-likeness (QED) is 0.627. The van der Waals surface area contributed by atoms with Gasteiger partial charge in [-0.2, -0.15) is 5.10 Å². The molecule has 0 saturated carbocycles. The highest BCUT2D eigenvalue weighted by Gasteiger charge is 2.15. The molecule has 0 bridgehead atoms. The van der Waals surface area contributed by atoms with Gasteiger partial charge in [0.2, 0.25) is 0 Å². The Balaban J connectivity index is 1.36.